The number of nitrogens with zero attached hydrogens (tertiary/aromatic N) is 2. The van der Waals surface area contributed by atoms with Crippen molar-refractivity contribution in [2.75, 3.05) is 6.54 Å². The highest BCUT2D eigenvalue weighted by molar-refractivity contribution is 8.29. The van der Waals surface area contributed by atoms with Crippen LogP contribution in [0.4, 0.5) is 0 Å². The molecule has 0 aliphatic carbocycles. The summed E-state index contributed by atoms with van der Waals surface area (Å²) in [6.07, 6.45) is 0. The highest BCUT2D eigenvalue weighted by atomic mass is 32.2. The molecule has 5 heteroatoms. The molecule has 0 aromatic carbocycles. The van der Waals surface area contributed by atoms with Gasteiger partial charge in [-0.15, -0.1) is 0 Å². The third kappa shape index (κ3) is 3.91. The summed E-state index contributed by atoms with van der Waals surface area (Å²) >= 11 is 1.48. The molecule has 1 rings (SSSR count). The van der Waals surface area contributed by atoms with Gasteiger partial charge in [-0.05, 0) is 39.5 Å². The van der Waals surface area contributed by atoms with Crippen LogP contribution in [0.5, 0.6) is 0 Å². The number of Topliss-reactive ketones (excluding diaryl/α,β-unsaturated/α-hetero) is 1. The Labute approximate surface area is 88.3 Å². The number of amidine groups is 2. The maximum absolute atomic E-state index is 10.6. The van der Waals surface area contributed by atoms with E-state index in [1.54, 1.807) is 0 Å². The SMILES string of the molecule is CC(=O)CN=C1NC(=NC(C)(C)C)S1. The van der Waals surface area contributed by atoms with Gasteiger partial charge in [-0.3, -0.25) is 14.8 Å². The van der Waals surface area contributed by atoms with E-state index in [2.05, 4.69) is 15.3 Å². The summed E-state index contributed by atoms with van der Waals surface area (Å²) in [4.78, 5) is 19.1. The van der Waals surface area contributed by atoms with Crippen molar-refractivity contribution < 1.29 is 4.79 Å². The van der Waals surface area contributed by atoms with Gasteiger partial charge in [0.15, 0.2) is 16.1 Å². The summed E-state index contributed by atoms with van der Waals surface area (Å²) < 4.78 is 0. The highest BCUT2D eigenvalue weighted by Crippen LogP contribution is 2.19. The molecule has 0 aromatic heterocycles. The van der Waals surface area contributed by atoms with Gasteiger partial charge in [0.1, 0.15) is 6.54 Å². The fourth-order valence-electron chi connectivity index (χ4n) is 0.798. The van der Waals surface area contributed by atoms with E-state index in [-0.39, 0.29) is 17.9 Å². The molecule has 0 radical (unpaired) electrons. The monoisotopic (exact) mass is 213 g/mol. The van der Waals surface area contributed by atoms with E-state index in [9.17, 15) is 4.79 Å². The van der Waals surface area contributed by atoms with E-state index in [0.717, 1.165) is 10.3 Å². The van der Waals surface area contributed by atoms with Gasteiger partial charge in [-0.2, -0.15) is 0 Å². The molecule has 1 aliphatic heterocycles. The van der Waals surface area contributed by atoms with Crippen LogP contribution in [0.1, 0.15) is 27.7 Å². The standard InChI is InChI=1S/C9H15N3OS/c1-6(13)5-10-7-11-8(14-7)12-9(2,3)4/h5H2,1-4H3,(H,10,11,12). The predicted molar refractivity (Wildman–Crippen MR) is 60.9 cm³/mol. The number of nitrogens with one attached hydrogen (secondary N) is 1. The Bertz CT molecular complexity index is 292. The minimum atomic E-state index is -0.0680. The Morgan fingerprint density at radius 3 is 2.43 bits per heavy atom. The molecule has 0 amide bonds. The zero-order valence-electron chi connectivity index (χ0n) is 8.92. The van der Waals surface area contributed by atoms with Crippen molar-refractivity contribution in [2.45, 2.75) is 33.2 Å². The van der Waals surface area contributed by atoms with Crippen molar-refractivity contribution in [2.24, 2.45) is 9.98 Å². The predicted octanol–water partition coefficient (Wildman–Crippen LogP) is 1.42. The van der Waals surface area contributed by atoms with Gasteiger partial charge in [0.25, 0.3) is 0 Å². The van der Waals surface area contributed by atoms with Crippen LogP contribution in [-0.4, -0.2) is 28.2 Å². The number of ketones is 1. The molecule has 1 aliphatic rings. The van der Waals surface area contributed by atoms with Crippen molar-refractivity contribution in [3.8, 4) is 0 Å². The van der Waals surface area contributed by atoms with Crippen LogP contribution in [0.3, 0.4) is 0 Å². The third-order valence-electron chi connectivity index (χ3n) is 1.29. The van der Waals surface area contributed by atoms with Gasteiger partial charge in [-0.25, -0.2) is 0 Å². The molecular weight excluding hydrogens is 198 g/mol. The van der Waals surface area contributed by atoms with E-state index >= 15 is 0 Å². The molecule has 0 spiro atoms. The highest BCUT2D eigenvalue weighted by Gasteiger charge is 2.22. The Balaban J connectivity index is 2.40. The molecule has 1 heterocycles. The molecular formula is C9H15N3OS. The summed E-state index contributed by atoms with van der Waals surface area (Å²) in [5.74, 6) is 0.0705. The normalized spacial score (nSPS) is 22.0. The van der Waals surface area contributed by atoms with Gasteiger partial charge < -0.3 is 5.32 Å². The van der Waals surface area contributed by atoms with E-state index in [0.29, 0.717) is 0 Å². The first kappa shape index (κ1) is 11.2. The van der Waals surface area contributed by atoms with Crippen molar-refractivity contribution in [3.63, 3.8) is 0 Å². The molecule has 78 valence electrons. The van der Waals surface area contributed by atoms with E-state index in [1.807, 2.05) is 20.8 Å². The molecule has 0 unspecified atom stereocenters. The molecule has 0 saturated carbocycles. The van der Waals surface area contributed by atoms with Crippen LogP contribution >= 0.6 is 11.8 Å². The third-order valence-corrected chi connectivity index (χ3v) is 2.10. The number of hydrogen-bond donors (Lipinski definition) is 1. The first-order valence-electron chi connectivity index (χ1n) is 4.45. The number of rotatable bonds is 2. The Morgan fingerprint density at radius 2 is 2.00 bits per heavy atom. The van der Waals surface area contributed by atoms with E-state index < -0.39 is 0 Å². The summed E-state index contributed by atoms with van der Waals surface area (Å²) in [6.45, 7) is 7.88. The number of thioether (sulfide) groups is 1. The maximum atomic E-state index is 10.6. The molecule has 1 fully saturated rings. The smallest absolute Gasteiger partial charge is 0.170 e. The number of carbonyl (C=O) groups is 1. The quantitative estimate of drug-likeness (QED) is 0.754. The largest absolute Gasteiger partial charge is 0.314 e. The Kier molecular flexibility index (Phi) is 3.31. The number of aliphatic imine (C=N–C) groups is 2. The van der Waals surface area contributed by atoms with Crippen molar-refractivity contribution in [1.29, 1.82) is 0 Å². The lowest BCUT2D eigenvalue weighted by atomic mass is 10.1. The molecule has 0 bridgehead atoms. The molecule has 4 nitrogen and oxygen atoms in total. The Morgan fingerprint density at radius 1 is 1.43 bits per heavy atom. The second-order valence-electron chi connectivity index (χ2n) is 4.14. The summed E-state index contributed by atoms with van der Waals surface area (Å²) in [6, 6.07) is 0. The lowest BCUT2D eigenvalue weighted by Crippen LogP contribution is -2.40. The fraction of sp³-hybridized carbons (Fsp3) is 0.667. The second-order valence-corrected chi connectivity index (χ2v) is 5.12. The molecule has 14 heavy (non-hydrogen) atoms. The summed E-state index contributed by atoms with van der Waals surface area (Å²) in [7, 11) is 0. The molecule has 1 N–H and O–H groups in total. The lowest BCUT2D eigenvalue weighted by Gasteiger charge is -2.23. The number of carbonyl (C=O) groups excluding carboxylic acids is 1. The average Bonchev–Trinajstić information content (AvgIpc) is 1.90. The van der Waals surface area contributed by atoms with Crippen LogP contribution in [0.2, 0.25) is 0 Å². The second kappa shape index (κ2) is 4.13. The van der Waals surface area contributed by atoms with Crippen LogP contribution in [0.15, 0.2) is 9.98 Å². The van der Waals surface area contributed by atoms with Crippen LogP contribution in [-0.2, 0) is 4.79 Å². The first-order valence-corrected chi connectivity index (χ1v) is 5.27. The minimum absolute atomic E-state index is 0.0680. The average molecular weight is 213 g/mol. The van der Waals surface area contributed by atoms with Gasteiger partial charge in [0, 0.05) is 0 Å². The zero-order chi connectivity index (χ0) is 10.8. The summed E-state index contributed by atoms with van der Waals surface area (Å²) in [5, 5.41) is 4.66. The van der Waals surface area contributed by atoms with Gasteiger partial charge >= 0.3 is 0 Å². The van der Waals surface area contributed by atoms with Crippen LogP contribution in [0.25, 0.3) is 0 Å². The fourth-order valence-corrected chi connectivity index (χ4v) is 1.57. The number of hydrogen-bond acceptors (Lipinski definition) is 4. The van der Waals surface area contributed by atoms with Crippen molar-refractivity contribution in [3.05, 3.63) is 0 Å². The van der Waals surface area contributed by atoms with E-state index in [1.165, 1.54) is 18.7 Å². The van der Waals surface area contributed by atoms with Gasteiger partial charge in [-0.1, -0.05) is 0 Å². The zero-order valence-corrected chi connectivity index (χ0v) is 9.73. The molecule has 0 aromatic rings. The van der Waals surface area contributed by atoms with Crippen LogP contribution in [0, 0.1) is 0 Å². The topological polar surface area (TPSA) is 53.8 Å². The van der Waals surface area contributed by atoms with Crippen molar-refractivity contribution >= 4 is 27.9 Å². The molecule has 0 atom stereocenters. The van der Waals surface area contributed by atoms with Gasteiger partial charge in [0.2, 0.25) is 0 Å². The van der Waals surface area contributed by atoms with Crippen LogP contribution < -0.4 is 5.32 Å². The lowest BCUT2D eigenvalue weighted by molar-refractivity contribution is -0.115. The van der Waals surface area contributed by atoms with Gasteiger partial charge in [0.05, 0.1) is 5.54 Å². The maximum Gasteiger partial charge on any atom is 0.170 e. The molecule has 1 saturated heterocycles. The first-order chi connectivity index (χ1) is 6.37. The van der Waals surface area contributed by atoms with Crippen molar-refractivity contribution in [1.82, 2.24) is 5.32 Å². The minimum Gasteiger partial charge on any atom is -0.314 e. The van der Waals surface area contributed by atoms with E-state index in [4.69, 9.17) is 0 Å². The Hall–Kier alpha value is -0.840. The summed E-state index contributed by atoms with van der Waals surface area (Å²) in [5.41, 5.74) is -0.0680.